The van der Waals surface area contributed by atoms with Gasteiger partial charge in [-0.15, -0.1) is 5.10 Å². The van der Waals surface area contributed by atoms with Gasteiger partial charge in [-0.3, -0.25) is 0 Å². The van der Waals surface area contributed by atoms with Crippen LogP contribution in [-0.2, 0) is 12.7 Å². The summed E-state index contributed by atoms with van der Waals surface area (Å²) in [6.07, 6.45) is -2.12. The van der Waals surface area contributed by atoms with Crippen LogP contribution in [0.1, 0.15) is 35.2 Å². The van der Waals surface area contributed by atoms with Crippen molar-refractivity contribution in [2.45, 2.75) is 45.5 Å². The van der Waals surface area contributed by atoms with Crippen LogP contribution in [0.15, 0.2) is 36.4 Å². The second kappa shape index (κ2) is 8.70. The highest BCUT2D eigenvalue weighted by molar-refractivity contribution is 5.94. The molecule has 31 heavy (non-hydrogen) atoms. The molecule has 0 amide bonds. The van der Waals surface area contributed by atoms with E-state index in [0.29, 0.717) is 24.0 Å². The highest BCUT2D eigenvalue weighted by atomic mass is 19.4. The number of aromatic nitrogens is 2. The Kier molecular flexibility index (Phi) is 6.00. The molecule has 1 aliphatic rings. The zero-order valence-electron chi connectivity index (χ0n) is 17.5. The summed E-state index contributed by atoms with van der Waals surface area (Å²) in [6.45, 7) is 5.18. The van der Waals surface area contributed by atoms with Crippen molar-refractivity contribution in [3.8, 4) is 5.75 Å². The number of alkyl halides is 3. The van der Waals surface area contributed by atoms with E-state index < -0.39 is 11.7 Å². The van der Waals surface area contributed by atoms with Crippen LogP contribution in [0.2, 0.25) is 0 Å². The van der Waals surface area contributed by atoms with E-state index in [4.69, 9.17) is 4.74 Å². The highest BCUT2D eigenvalue weighted by Crippen LogP contribution is 2.33. The monoisotopic (exact) mass is 430 g/mol. The van der Waals surface area contributed by atoms with Gasteiger partial charge in [-0.2, -0.15) is 18.3 Å². The summed E-state index contributed by atoms with van der Waals surface area (Å²) in [7, 11) is 0. The van der Waals surface area contributed by atoms with Gasteiger partial charge in [0, 0.05) is 23.4 Å². The van der Waals surface area contributed by atoms with E-state index in [0.717, 1.165) is 47.7 Å². The van der Waals surface area contributed by atoms with E-state index in [2.05, 4.69) is 20.8 Å². The molecule has 0 bridgehead atoms. The molecule has 5 nitrogen and oxygen atoms in total. The van der Waals surface area contributed by atoms with Crippen molar-refractivity contribution in [1.29, 1.82) is 0 Å². The lowest BCUT2D eigenvalue weighted by Gasteiger charge is -2.16. The number of hydrogen-bond acceptors (Lipinski definition) is 5. The fraction of sp³-hybridized carbons (Fsp3) is 0.391. The molecule has 2 heterocycles. The quantitative estimate of drug-likeness (QED) is 0.576. The molecule has 1 unspecified atom stereocenters. The van der Waals surface area contributed by atoms with Crippen molar-refractivity contribution < 1.29 is 17.9 Å². The Balaban J connectivity index is 1.57. The summed E-state index contributed by atoms with van der Waals surface area (Å²) in [4.78, 5) is 0. The van der Waals surface area contributed by atoms with Gasteiger partial charge < -0.3 is 15.4 Å². The maximum Gasteiger partial charge on any atom is 0.416 e. The van der Waals surface area contributed by atoms with E-state index in [9.17, 15) is 13.2 Å². The SMILES string of the molecule is Cc1c(CNc2nnc(C)c3ccc(OCC4CCCN4)cc23)cccc1C(F)(F)F. The van der Waals surface area contributed by atoms with E-state index in [-0.39, 0.29) is 12.1 Å². The molecule has 0 saturated carbocycles. The second-order valence-corrected chi connectivity index (χ2v) is 7.89. The number of anilines is 1. The lowest BCUT2D eigenvalue weighted by Crippen LogP contribution is -2.28. The predicted molar refractivity (Wildman–Crippen MR) is 114 cm³/mol. The van der Waals surface area contributed by atoms with Crippen LogP contribution < -0.4 is 15.4 Å². The van der Waals surface area contributed by atoms with Gasteiger partial charge in [0.05, 0.1) is 11.3 Å². The van der Waals surface area contributed by atoms with Crippen molar-refractivity contribution >= 4 is 16.6 Å². The molecule has 1 atom stereocenters. The Morgan fingerprint density at radius 1 is 1.13 bits per heavy atom. The van der Waals surface area contributed by atoms with Gasteiger partial charge in [0.1, 0.15) is 12.4 Å². The number of benzene rings is 2. The predicted octanol–water partition coefficient (Wildman–Crippen LogP) is 5.01. The minimum Gasteiger partial charge on any atom is -0.492 e. The Bertz CT molecular complexity index is 1080. The van der Waals surface area contributed by atoms with Gasteiger partial charge in [0.25, 0.3) is 0 Å². The Morgan fingerprint density at radius 3 is 2.71 bits per heavy atom. The average molecular weight is 430 g/mol. The maximum absolute atomic E-state index is 13.2. The van der Waals surface area contributed by atoms with Crippen LogP contribution in [0.3, 0.4) is 0 Å². The van der Waals surface area contributed by atoms with Crippen LogP contribution in [0, 0.1) is 13.8 Å². The van der Waals surface area contributed by atoms with Crippen LogP contribution >= 0.6 is 0 Å². The fourth-order valence-corrected chi connectivity index (χ4v) is 3.94. The summed E-state index contributed by atoms with van der Waals surface area (Å²) in [5.41, 5.74) is 0.924. The van der Waals surface area contributed by atoms with E-state index in [1.807, 2.05) is 25.1 Å². The van der Waals surface area contributed by atoms with Crippen LogP contribution in [0.5, 0.6) is 5.75 Å². The number of hydrogen-bond donors (Lipinski definition) is 2. The van der Waals surface area contributed by atoms with Gasteiger partial charge in [-0.25, -0.2) is 0 Å². The van der Waals surface area contributed by atoms with Crippen molar-refractivity contribution in [1.82, 2.24) is 15.5 Å². The summed E-state index contributed by atoms with van der Waals surface area (Å²) < 4.78 is 45.6. The second-order valence-electron chi connectivity index (χ2n) is 7.89. The number of nitrogens with one attached hydrogen (secondary N) is 2. The summed E-state index contributed by atoms with van der Waals surface area (Å²) in [5, 5.41) is 16.8. The molecule has 2 N–H and O–H groups in total. The molecule has 3 aromatic rings. The molecule has 164 valence electrons. The molecule has 1 saturated heterocycles. The first-order valence-corrected chi connectivity index (χ1v) is 10.4. The molecule has 0 spiro atoms. The lowest BCUT2D eigenvalue weighted by atomic mass is 10.0. The first-order valence-electron chi connectivity index (χ1n) is 10.4. The van der Waals surface area contributed by atoms with Crippen molar-refractivity contribution in [3.05, 3.63) is 58.8 Å². The molecule has 0 radical (unpaired) electrons. The molecular formula is C23H25F3N4O. The zero-order chi connectivity index (χ0) is 22.0. The number of fused-ring (bicyclic) bond motifs is 1. The Labute approximate surface area is 179 Å². The van der Waals surface area contributed by atoms with E-state index in [1.165, 1.54) is 13.0 Å². The van der Waals surface area contributed by atoms with Gasteiger partial charge in [0.2, 0.25) is 0 Å². The number of halogens is 3. The molecule has 1 aromatic heterocycles. The normalized spacial score (nSPS) is 16.6. The maximum atomic E-state index is 13.2. The van der Waals surface area contributed by atoms with Crippen LogP contribution in [0.25, 0.3) is 10.8 Å². The smallest absolute Gasteiger partial charge is 0.416 e. The Morgan fingerprint density at radius 2 is 1.97 bits per heavy atom. The first kappa shape index (κ1) is 21.4. The lowest BCUT2D eigenvalue weighted by molar-refractivity contribution is -0.138. The summed E-state index contributed by atoms with van der Waals surface area (Å²) >= 11 is 0. The molecular weight excluding hydrogens is 405 g/mol. The summed E-state index contributed by atoms with van der Waals surface area (Å²) in [5.74, 6) is 1.24. The third kappa shape index (κ3) is 4.74. The molecule has 8 heteroatoms. The summed E-state index contributed by atoms with van der Waals surface area (Å²) in [6, 6.07) is 10.3. The van der Waals surface area contributed by atoms with Crippen LogP contribution in [-0.4, -0.2) is 29.4 Å². The van der Waals surface area contributed by atoms with E-state index >= 15 is 0 Å². The highest BCUT2D eigenvalue weighted by Gasteiger charge is 2.32. The Hall–Kier alpha value is -2.87. The molecule has 4 rings (SSSR count). The zero-order valence-corrected chi connectivity index (χ0v) is 17.5. The fourth-order valence-electron chi connectivity index (χ4n) is 3.94. The average Bonchev–Trinajstić information content (AvgIpc) is 3.25. The van der Waals surface area contributed by atoms with Gasteiger partial charge in [-0.05, 0) is 68.6 Å². The van der Waals surface area contributed by atoms with Crippen molar-refractivity contribution in [2.75, 3.05) is 18.5 Å². The number of ether oxygens (including phenoxy) is 1. The number of nitrogens with zero attached hydrogens (tertiary/aromatic N) is 2. The minimum absolute atomic E-state index is 0.208. The standard InChI is InChI=1S/C23H25F3N4O/c1-14-16(5-3-7-21(14)23(24,25)26)12-28-22-20-11-18(31-13-17-6-4-10-27-17)8-9-19(20)15(2)29-30-22/h3,5,7-9,11,17,27H,4,6,10,12-13H2,1-2H3,(H,28,30). The third-order valence-electron chi connectivity index (χ3n) is 5.75. The van der Waals surface area contributed by atoms with Crippen molar-refractivity contribution in [3.63, 3.8) is 0 Å². The largest absolute Gasteiger partial charge is 0.492 e. The molecule has 1 fully saturated rings. The number of rotatable bonds is 6. The third-order valence-corrected chi connectivity index (χ3v) is 5.75. The van der Waals surface area contributed by atoms with Gasteiger partial charge >= 0.3 is 6.18 Å². The molecule has 2 aromatic carbocycles. The van der Waals surface area contributed by atoms with Gasteiger partial charge in [-0.1, -0.05) is 12.1 Å². The van der Waals surface area contributed by atoms with Crippen molar-refractivity contribution in [2.24, 2.45) is 0 Å². The van der Waals surface area contributed by atoms with Gasteiger partial charge in [0.15, 0.2) is 5.82 Å². The molecule has 0 aliphatic carbocycles. The first-order chi connectivity index (χ1) is 14.8. The minimum atomic E-state index is -4.38. The topological polar surface area (TPSA) is 59.1 Å². The van der Waals surface area contributed by atoms with E-state index in [1.54, 1.807) is 6.07 Å². The van der Waals surface area contributed by atoms with Crippen LogP contribution in [0.4, 0.5) is 19.0 Å². The number of aryl methyl sites for hydroxylation is 1. The molecule has 1 aliphatic heterocycles.